The van der Waals surface area contributed by atoms with Crippen molar-refractivity contribution in [3.05, 3.63) is 54.4 Å². The molecule has 0 fully saturated rings. The third-order valence-corrected chi connectivity index (χ3v) is 3.32. The Morgan fingerprint density at radius 1 is 1.09 bits per heavy atom. The zero-order valence-corrected chi connectivity index (χ0v) is 12.6. The lowest BCUT2D eigenvalue weighted by molar-refractivity contribution is 0.428. The van der Waals surface area contributed by atoms with Gasteiger partial charge in [0.2, 0.25) is 0 Å². The van der Waals surface area contributed by atoms with Crippen molar-refractivity contribution < 1.29 is 4.74 Å². The Kier molecular flexibility index (Phi) is 4.09. The van der Waals surface area contributed by atoms with Crippen molar-refractivity contribution >= 4 is 0 Å². The van der Waals surface area contributed by atoms with E-state index < -0.39 is 0 Å². The van der Waals surface area contributed by atoms with Crippen LogP contribution in [0.4, 0.5) is 0 Å². The predicted molar refractivity (Wildman–Crippen MR) is 82.2 cm³/mol. The van der Waals surface area contributed by atoms with Crippen molar-refractivity contribution in [1.29, 1.82) is 0 Å². The van der Waals surface area contributed by atoms with Gasteiger partial charge in [0, 0.05) is 18.5 Å². The van der Waals surface area contributed by atoms with Gasteiger partial charge in [-0.3, -0.25) is 0 Å². The van der Waals surface area contributed by atoms with Crippen LogP contribution >= 0.6 is 0 Å². The van der Waals surface area contributed by atoms with Crippen molar-refractivity contribution in [2.24, 2.45) is 0 Å². The lowest BCUT2D eigenvalue weighted by Gasteiger charge is -2.08. The average molecular weight is 295 g/mol. The summed E-state index contributed by atoms with van der Waals surface area (Å²) in [4.78, 5) is 8.48. The van der Waals surface area contributed by atoms with Gasteiger partial charge in [-0.15, -0.1) is 5.10 Å². The molecule has 3 aromatic rings. The highest BCUT2D eigenvalue weighted by Crippen LogP contribution is 2.21. The van der Waals surface area contributed by atoms with E-state index in [4.69, 9.17) is 4.74 Å². The van der Waals surface area contributed by atoms with Crippen molar-refractivity contribution in [3.63, 3.8) is 0 Å². The summed E-state index contributed by atoms with van der Waals surface area (Å²) in [5, 5.41) is 8.23. The Morgan fingerprint density at radius 2 is 1.95 bits per heavy atom. The maximum Gasteiger partial charge on any atom is 0.341 e. The fourth-order valence-corrected chi connectivity index (χ4v) is 2.19. The first-order valence-electron chi connectivity index (χ1n) is 7.29. The van der Waals surface area contributed by atoms with Crippen molar-refractivity contribution in [2.45, 2.75) is 26.7 Å². The third kappa shape index (κ3) is 2.95. The van der Waals surface area contributed by atoms with E-state index in [1.165, 1.54) is 0 Å². The molecule has 0 unspecified atom stereocenters. The SMILES string of the molecule is CCc1nnc(Oc2cccc(-n3ccnc3)c2)nc1CC. The molecule has 0 atom stereocenters. The number of benzene rings is 1. The minimum absolute atomic E-state index is 0.275. The zero-order chi connectivity index (χ0) is 15.4. The van der Waals surface area contributed by atoms with Crippen LogP contribution in [0.1, 0.15) is 25.2 Å². The molecule has 0 N–H and O–H groups in total. The van der Waals surface area contributed by atoms with E-state index >= 15 is 0 Å². The highest BCUT2D eigenvalue weighted by molar-refractivity contribution is 5.40. The number of hydrogen-bond acceptors (Lipinski definition) is 5. The van der Waals surface area contributed by atoms with Crippen molar-refractivity contribution in [3.8, 4) is 17.4 Å². The van der Waals surface area contributed by atoms with E-state index in [1.807, 2.05) is 48.9 Å². The van der Waals surface area contributed by atoms with Crippen molar-refractivity contribution in [2.75, 3.05) is 0 Å². The maximum absolute atomic E-state index is 5.74. The van der Waals surface area contributed by atoms with Crippen LogP contribution in [0.15, 0.2) is 43.0 Å². The summed E-state index contributed by atoms with van der Waals surface area (Å²) in [5.74, 6) is 0.666. The van der Waals surface area contributed by atoms with Gasteiger partial charge in [-0.1, -0.05) is 25.0 Å². The second kappa shape index (κ2) is 6.34. The maximum atomic E-state index is 5.74. The first-order chi connectivity index (χ1) is 10.8. The van der Waals surface area contributed by atoms with Crippen LogP contribution in [-0.4, -0.2) is 24.7 Å². The first kappa shape index (κ1) is 14.2. The molecule has 112 valence electrons. The number of hydrogen-bond donors (Lipinski definition) is 0. The number of aromatic nitrogens is 5. The molecule has 0 amide bonds. The summed E-state index contributed by atoms with van der Waals surface area (Å²) in [6.45, 7) is 4.09. The second-order valence-corrected chi connectivity index (χ2v) is 4.76. The molecule has 6 nitrogen and oxygen atoms in total. The standard InChI is InChI=1S/C16H17N5O/c1-3-14-15(4-2)19-20-16(18-14)22-13-7-5-6-12(10-13)21-9-8-17-11-21/h5-11H,3-4H2,1-2H3. The van der Waals surface area contributed by atoms with Gasteiger partial charge in [-0.05, 0) is 25.0 Å². The number of imidazole rings is 1. The van der Waals surface area contributed by atoms with E-state index in [0.717, 1.165) is 29.9 Å². The molecule has 3 rings (SSSR count). The van der Waals surface area contributed by atoms with Crippen LogP contribution in [0.2, 0.25) is 0 Å². The van der Waals surface area contributed by atoms with Gasteiger partial charge in [-0.25, -0.2) is 4.98 Å². The van der Waals surface area contributed by atoms with Crippen LogP contribution in [0, 0.1) is 0 Å². The lowest BCUT2D eigenvalue weighted by atomic mass is 10.2. The van der Waals surface area contributed by atoms with E-state index in [1.54, 1.807) is 12.5 Å². The molecule has 2 heterocycles. The fraction of sp³-hybridized carbons (Fsp3) is 0.250. The van der Waals surface area contributed by atoms with Gasteiger partial charge in [0.25, 0.3) is 0 Å². The molecule has 0 aliphatic carbocycles. The number of rotatable bonds is 5. The monoisotopic (exact) mass is 295 g/mol. The summed E-state index contributed by atoms with van der Waals surface area (Å²) in [6.07, 6.45) is 6.98. The minimum Gasteiger partial charge on any atom is -0.423 e. The first-order valence-corrected chi connectivity index (χ1v) is 7.29. The summed E-state index contributed by atoms with van der Waals surface area (Å²) >= 11 is 0. The number of aryl methyl sites for hydroxylation is 2. The smallest absolute Gasteiger partial charge is 0.341 e. The van der Waals surface area contributed by atoms with Gasteiger partial charge in [-0.2, -0.15) is 4.98 Å². The van der Waals surface area contributed by atoms with Gasteiger partial charge in [0.1, 0.15) is 5.75 Å². The Hall–Kier alpha value is -2.76. The largest absolute Gasteiger partial charge is 0.423 e. The van der Waals surface area contributed by atoms with Crippen LogP contribution in [0.5, 0.6) is 11.8 Å². The second-order valence-electron chi connectivity index (χ2n) is 4.76. The predicted octanol–water partition coefficient (Wildman–Crippen LogP) is 2.97. The highest BCUT2D eigenvalue weighted by atomic mass is 16.5. The Balaban J connectivity index is 1.86. The molecule has 0 aliphatic heterocycles. The molecular weight excluding hydrogens is 278 g/mol. The normalized spacial score (nSPS) is 10.6. The van der Waals surface area contributed by atoms with Gasteiger partial charge >= 0.3 is 6.01 Å². The van der Waals surface area contributed by atoms with Crippen LogP contribution in [-0.2, 0) is 12.8 Å². The van der Waals surface area contributed by atoms with Crippen LogP contribution in [0.3, 0.4) is 0 Å². The molecule has 0 saturated heterocycles. The molecule has 0 aliphatic rings. The zero-order valence-electron chi connectivity index (χ0n) is 12.6. The molecule has 0 saturated carbocycles. The summed E-state index contributed by atoms with van der Waals surface area (Å²) in [7, 11) is 0. The highest BCUT2D eigenvalue weighted by Gasteiger charge is 2.08. The van der Waals surface area contributed by atoms with Crippen LogP contribution in [0.25, 0.3) is 5.69 Å². The molecule has 0 bridgehead atoms. The fourth-order valence-electron chi connectivity index (χ4n) is 2.19. The van der Waals surface area contributed by atoms with E-state index in [-0.39, 0.29) is 6.01 Å². The molecular formula is C16H17N5O. The van der Waals surface area contributed by atoms with E-state index in [0.29, 0.717) is 5.75 Å². The number of nitrogens with zero attached hydrogens (tertiary/aromatic N) is 5. The van der Waals surface area contributed by atoms with Gasteiger partial charge in [0.05, 0.1) is 23.4 Å². The molecule has 0 spiro atoms. The minimum atomic E-state index is 0.275. The molecule has 2 aromatic heterocycles. The van der Waals surface area contributed by atoms with Crippen LogP contribution < -0.4 is 4.74 Å². The van der Waals surface area contributed by atoms with Crippen molar-refractivity contribution in [1.82, 2.24) is 24.7 Å². The summed E-state index contributed by atoms with van der Waals surface area (Å²) in [5.41, 5.74) is 2.81. The quantitative estimate of drug-likeness (QED) is 0.724. The molecule has 6 heteroatoms. The lowest BCUT2D eigenvalue weighted by Crippen LogP contribution is -2.04. The number of ether oxygens (including phenoxy) is 1. The Bertz CT molecular complexity index is 755. The summed E-state index contributed by atoms with van der Waals surface area (Å²) in [6, 6.07) is 7.94. The Morgan fingerprint density at radius 3 is 2.68 bits per heavy atom. The van der Waals surface area contributed by atoms with Gasteiger partial charge < -0.3 is 9.30 Å². The average Bonchev–Trinajstić information content (AvgIpc) is 3.09. The van der Waals surface area contributed by atoms with E-state index in [2.05, 4.69) is 20.2 Å². The third-order valence-electron chi connectivity index (χ3n) is 3.32. The van der Waals surface area contributed by atoms with E-state index in [9.17, 15) is 0 Å². The Labute approximate surface area is 128 Å². The molecule has 1 aromatic carbocycles. The summed E-state index contributed by atoms with van der Waals surface area (Å²) < 4.78 is 7.65. The van der Waals surface area contributed by atoms with Gasteiger partial charge in [0.15, 0.2) is 0 Å². The molecule has 0 radical (unpaired) electrons. The molecule has 22 heavy (non-hydrogen) atoms. The topological polar surface area (TPSA) is 65.7 Å².